The zero-order valence-corrected chi connectivity index (χ0v) is 41.1. The third-order valence-electron chi connectivity index (χ3n) is 15.2. The molecule has 0 bridgehead atoms. The number of methoxy groups -OCH3 is 1. The summed E-state index contributed by atoms with van der Waals surface area (Å²) in [4.78, 5) is 64.1. The van der Waals surface area contributed by atoms with Crippen LogP contribution < -0.4 is 15.1 Å². The van der Waals surface area contributed by atoms with Gasteiger partial charge in [-0.1, -0.05) is 52.0 Å². The number of amides is 3. The first-order valence-electron chi connectivity index (χ1n) is 25.3. The Hall–Kier alpha value is -6.58. The van der Waals surface area contributed by atoms with Gasteiger partial charge in [0.2, 0.25) is 11.8 Å². The Morgan fingerprint density at radius 3 is 1.75 bits per heavy atom. The van der Waals surface area contributed by atoms with E-state index in [1.54, 1.807) is 28.4 Å². The van der Waals surface area contributed by atoms with Crippen LogP contribution in [0.5, 0.6) is 0 Å². The van der Waals surface area contributed by atoms with Gasteiger partial charge in [0.25, 0.3) is 0 Å². The number of H-pyrrole nitrogens is 2. The molecule has 3 N–H and O–H groups in total. The zero-order valence-electron chi connectivity index (χ0n) is 41.1. The molecule has 6 heterocycles. The maximum atomic E-state index is 16.7. The Bertz CT molecular complexity index is 2910. The monoisotopic (exact) mass is 970 g/mol. The highest BCUT2D eigenvalue weighted by Gasteiger charge is 2.40. The molecule has 71 heavy (non-hydrogen) atoms. The molecule has 0 saturated carbocycles. The number of hydrogen-bond acceptors (Lipinski definition) is 8. The number of alkyl carbamates (subject to hydrolysis) is 1. The number of piperidine rings is 1. The van der Waals surface area contributed by atoms with E-state index in [1.165, 1.54) is 31.4 Å². The lowest BCUT2D eigenvalue weighted by molar-refractivity contribution is -0.135. The van der Waals surface area contributed by atoms with Crippen molar-refractivity contribution >= 4 is 51.3 Å². The van der Waals surface area contributed by atoms with Crippen LogP contribution in [0.4, 0.5) is 29.3 Å². The van der Waals surface area contributed by atoms with Crippen LogP contribution in [-0.4, -0.2) is 87.0 Å². The van der Waals surface area contributed by atoms with E-state index >= 15 is 8.78 Å². The first-order valence-corrected chi connectivity index (χ1v) is 25.3. The van der Waals surface area contributed by atoms with Crippen molar-refractivity contribution in [2.45, 2.75) is 115 Å². The van der Waals surface area contributed by atoms with Gasteiger partial charge in [-0.3, -0.25) is 9.59 Å². The Kier molecular flexibility index (Phi) is 13.5. The van der Waals surface area contributed by atoms with E-state index in [2.05, 4.69) is 32.3 Å². The second-order valence-electron chi connectivity index (χ2n) is 20.5. The van der Waals surface area contributed by atoms with Gasteiger partial charge >= 0.3 is 6.09 Å². The van der Waals surface area contributed by atoms with Crippen LogP contribution in [0.2, 0.25) is 0 Å². The summed E-state index contributed by atoms with van der Waals surface area (Å²) >= 11 is 0. The number of imidazole rings is 2. The number of nitrogens with one attached hydrogen (secondary N) is 3. The number of carbonyl (C=O) groups excluding carboxylic acids is 3. The molecule has 16 heteroatoms. The molecular weight excluding hydrogens is 908 g/mol. The van der Waals surface area contributed by atoms with E-state index in [1.807, 2.05) is 56.9 Å². The maximum absolute atomic E-state index is 16.7. The van der Waals surface area contributed by atoms with Gasteiger partial charge in [0.05, 0.1) is 59.8 Å². The summed E-state index contributed by atoms with van der Waals surface area (Å²) in [5, 5.41) is 2.71. The van der Waals surface area contributed by atoms with E-state index in [-0.39, 0.29) is 65.2 Å². The highest BCUT2D eigenvalue weighted by molar-refractivity contribution is 5.87. The van der Waals surface area contributed by atoms with Gasteiger partial charge in [0.15, 0.2) is 11.6 Å². The number of nitrogens with zero attached hydrogens (tertiary/aromatic N) is 6. The van der Waals surface area contributed by atoms with E-state index in [0.717, 1.165) is 58.3 Å². The van der Waals surface area contributed by atoms with E-state index < -0.39 is 23.8 Å². The molecule has 4 aromatic carbocycles. The van der Waals surface area contributed by atoms with Crippen molar-refractivity contribution in [1.29, 1.82) is 0 Å². The van der Waals surface area contributed by atoms with Crippen LogP contribution in [0.1, 0.15) is 137 Å². The highest BCUT2D eigenvalue weighted by Crippen LogP contribution is 2.49. The summed E-state index contributed by atoms with van der Waals surface area (Å²) in [6.07, 6.45) is 7.01. The van der Waals surface area contributed by atoms with Gasteiger partial charge in [0.1, 0.15) is 29.2 Å². The summed E-state index contributed by atoms with van der Waals surface area (Å²) in [5.41, 5.74) is 6.41. The molecule has 373 valence electrons. The molecule has 1 radical (unpaired) electrons. The summed E-state index contributed by atoms with van der Waals surface area (Å²) in [6.45, 7) is 9.88. The van der Waals surface area contributed by atoms with Gasteiger partial charge in [-0.25, -0.2) is 27.9 Å². The minimum Gasteiger partial charge on any atom is -0.453 e. The molecule has 4 aliphatic heterocycles. The Balaban J connectivity index is 0.966. The van der Waals surface area contributed by atoms with Gasteiger partial charge in [-0.05, 0) is 134 Å². The number of ether oxygens (including phenoxy) is 1. The first-order chi connectivity index (χ1) is 34.2. The first kappa shape index (κ1) is 48.1. The fraction of sp³-hybridized carbons (Fsp3) is 0.455. The molecular formula is C55H63F3N9O4. The van der Waals surface area contributed by atoms with E-state index in [9.17, 15) is 18.8 Å². The lowest BCUT2D eigenvalue weighted by Crippen LogP contribution is -2.51. The van der Waals surface area contributed by atoms with Crippen molar-refractivity contribution in [3.8, 4) is 0 Å². The SMILES string of the molecule is COC(=O)N[C@H](C(=O)N1CCC[C@H]1c1nc2cc([C@H]3CC[C@H](c4ccc5[nH]c([C@@H]6CCCN6C(=O)[CH]C(C)C)nc5c4)N3c3cc(F)c(N4CCC(c5ccc(F)cc5)CC4)c(F)c3)ccc2[nH]1)C(C)C. The minimum absolute atomic E-state index is 0.0147. The van der Waals surface area contributed by atoms with Crippen molar-refractivity contribution in [3.63, 3.8) is 0 Å². The van der Waals surface area contributed by atoms with Crippen LogP contribution in [0.15, 0.2) is 72.8 Å². The fourth-order valence-corrected chi connectivity index (χ4v) is 11.7. The third kappa shape index (κ3) is 9.53. The molecule has 13 nitrogen and oxygen atoms in total. The van der Waals surface area contributed by atoms with Crippen LogP contribution in [0, 0.1) is 35.7 Å². The number of benzene rings is 4. The quantitative estimate of drug-likeness (QED) is 0.110. The molecule has 0 unspecified atom stereocenters. The van der Waals surface area contributed by atoms with Crippen LogP contribution in [0.3, 0.4) is 0 Å². The number of fused-ring (bicyclic) bond motifs is 2. The summed E-state index contributed by atoms with van der Waals surface area (Å²) in [6, 6.07) is 19.8. The second kappa shape index (κ2) is 19.9. The molecule has 4 fully saturated rings. The van der Waals surface area contributed by atoms with E-state index in [4.69, 9.17) is 14.7 Å². The Morgan fingerprint density at radius 2 is 1.21 bits per heavy atom. The topological polar surface area (TPSA) is 143 Å². The predicted octanol–water partition coefficient (Wildman–Crippen LogP) is 10.9. The number of likely N-dealkylation sites (tertiary alicyclic amines) is 2. The van der Waals surface area contributed by atoms with E-state index in [0.29, 0.717) is 75.3 Å². The molecule has 10 rings (SSSR count). The number of hydrogen-bond donors (Lipinski definition) is 3. The number of halogens is 3. The lowest BCUT2D eigenvalue weighted by atomic mass is 9.89. The molecule has 0 spiro atoms. The second-order valence-corrected chi connectivity index (χ2v) is 20.5. The molecule has 6 aromatic rings. The van der Waals surface area contributed by atoms with Gasteiger partial charge in [-0.15, -0.1) is 0 Å². The van der Waals surface area contributed by atoms with Crippen LogP contribution >= 0.6 is 0 Å². The van der Waals surface area contributed by atoms with Crippen LogP contribution in [0.25, 0.3) is 22.1 Å². The highest BCUT2D eigenvalue weighted by atomic mass is 19.1. The Labute approximate surface area is 412 Å². The predicted molar refractivity (Wildman–Crippen MR) is 267 cm³/mol. The largest absolute Gasteiger partial charge is 0.453 e. The van der Waals surface area contributed by atoms with Crippen molar-refractivity contribution < 1.29 is 32.3 Å². The van der Waals surface area contributed by atoms with Gasteiger partial charge in [0, 0.05) is 31.9 Å². The molecule has 4 aliphatic rings. The Morgan fingerprint density at radius 1 is 0.676 bits per heavy atom. The zero-order chi connectivity index (χ0) is 49.7. The van der Waals surface area contributed by atoms with Crippen molar-refractivity contribution in [1.82, 2.24) is 35.1 Å². The third-order valence-corrected chi connectivity index (χ3v) is 15.2. The number of carbonyl (C=O) groups is 3. The summed E-state index contributed by atoms with van der Waals surface area (Å²) in [5.74, 6) is -0.204. The van der Waals surface area contributed by atoms with Crippen molar-refractivity contribution in [2.24, 2.45) is 11.8 Å². The number of aromatic nitrogens is 4. The van der Waals surface area contributed by atoms with Crippen molar-refractivity contribution in [2.75, 3.05) is 43.1 Å². The molecule has 0 aliphatic carbocycles. The fourth-order valence-electron chi connectivity index (χ4n) is 11.7. The smallest absolute Gasteiger partial charge is 0.407 e. The average molecular weight is 971 g/mol. The number of rotatable bonds is 12. The number of anilines is 2. The average Bonchev–Trinajstić information content (AvgIpc) is 4.21. The van der Waals surface area contributed by atoms with Crippen molar-refractivity contribution in [3.05, 3.63) is 125 Å². The molecule has 4 saturated heterocycles. The lowest BCUT2D eigenvalue weighted by Gasteiger charge is -2.36. The normalized spacial score (nSPS) is 21.4. The standard InChI is InChI=1S/C55H63F3N9O4/c1-31(2)26-49(68)65-22-6-8-47(65)52-59-41-16-12-35(27-43(41)61-52)45-18-19-46(67(45)38-29-39(57)51(40(58)30-38)64-24-20-34(21-25-64)33-10-14-37(56)15-11-33)36-13-17-42-44(28-36)62-53(60-42)48-9-7-23-66(48)54(69)50(32(3)4)63-55(70)71-5/h10-17,26-32,34,45-48,50H,6-9,18-25H2,1-5H3,(H,59,61)(H,60,62)(H,63,70)/t45-,46-,47+,48+,50+/m1/s1. The maximum Gasteiger partial charge on any atom is 0.407 e. The summed E-state index contributed by atoms with van der Waals surface area (Å²) < 4.78 is 52.0. The number of aromatic amines is 2. The molecule has 5 atom stereocenters. The van der Waals surface area contributed by atoms with Gasteiger partial charge < -0.3 is 39.6 Å². The van der Waals surface area contributed by atoms with Crippen LogP contribution in [-0.2, 0) is 14.3 Å². The molecule has 3 amide bonds. The molecule has 2 aromatic heterocycles. The minimum atomic E-state index is -0.762. The van der Waals surface area contributed by atoms with Gasteiger partial charge in [-0.2, -0.15) is 0 Å². The summed E-state index contributed by atoms with van der Waals surface area (Å²) in [7, 11) is 1.28.